The van der Waals surface area contributed by atoms with Gasteiger partial charge in [0.25, 0.3) is 0 Å². The van der Waals surface area contributed by atoms with Crippen LogP contribution in [0.3, 0.4) is 0 Å². The summed E-state index contributed by atoms with van der Waals surface area (Å²) in [5.41, 5.74) is 4.57. The van der Waals surface area contributed by atoms with Crippen LogP contribution in [0.4, 0.5) is 5.82 Å². The van der Waals surface area contributed by atoms with Gasteiger partial charge in [-0.15, -0.1) is 0 Å². The summed E-state index contributed by atoms with van der Waals surface area (Å²) in [5, 5.41) is 19.2. The number of halogens is 1. The van der Waals surface area contributed by atoms with Crippen molar-refractivity contribution in [2.24, 2.45) is 0 Å². The highest BCUT2D eigenvalue weighted by atomic mass is 35.5. The van der Waals surface area contributed by atoms with Crippen LogP contribution < -0.4 is 10.1 Å². The van der Waals surface area contributed by atoms with Crippen LogP contribution in [0.2, 0.25) is 5.02 Å². The van der Waals surface area contributed by atoms with Crippen molar-refractivity contribution in [2.45, 2.75) is 52.2 Å². The first-order chi connectivity index (χ1) is 14.3. The number of methoxy groups -OCH3 is 1. The van der Waals surface area contributed by atoms with Gasteiger partial charge in [-0.2, -0.15) is 9.61 Å². The Bertz CT molecular complexity index is 1140. The molecule has 1 aliphatic carbocycles. The fourth-order valence-corrected chi connectivity index (χ4v) is 4.37. The maximum atomic E-state index is 12.1. The second-order valence-corrected chi connectivity index (χ2v) is 8.04. The predicted octanol–water partition coefficient (Wildman–Crippen LogP) is 4.13. The van der Waals surface area contributed by atoms with Crippen LogP contribution in [0.15, 0.2) is 18.2 Å². The van der Waals surface area contributed by atoms with Crippen molar-refractivity contribution in [3.8, 4) is 16.9 Å². The quantitative estimate of drug-likeness (QED) is 0.613. The van der Waals surface area contributed by atoms with Gasteiger partial charge in [0.2, 0.25) is 0 Å². The summed E-state index contributed by atoms with van der Waals surface area (Å²) in [7, 11) is 1.60. The van der Waals surface area contributed by atoms with Gasteiger partial charge in [0, 0.05) is 11.1 Å². The van der Waals surface area contributed by atoms with E-state index in [4.69, 9.17) is 26.4 Å². The molecule has 0 radical (unpaired) electrons. The number of aliphatic hydroxyl groups excluding tert-OH is 1. The molecule has 0 bridgehead atoms. The molecule has 0 saturated carbocycles. The lowest BCUT2D eigenvalue weighted by Gasteiger charge is -2.20. The number of aryl methyl sites for hydroxylation is 2. The number of carbonyl (C=O) groups is 1. The molecule has 158 valence electrons. The molecule has 2 unspecified atom stereocenters. The van der Waals surface area contributed by atoms with Crippen LogP contribution in [0.5, 0.6) is 5.75 Å². The summed E-state index contributed by atoms with van der Waals surface area (Å²) in [6.45, 7) is 5.41. The topological polar surface area (TPSA) is 88.8 Å². The molecule has 2 heterocycles. The Morgan fingerprint density at radius 3 is 2.87 bits per heavy atom. The molecule has 1 aliphatic rings. The van der Waals surface area contributed by atoms with Gasteiger partial charge in [-0.3, -0.25) is 4.79 Å². The first-order valence-corrected chi connectivity index (χ1v) is 10.4. The number of Topliss-reactive ketones (excluding diaryl/α,β-unsaturated/α-hetero) is 1. The van der Waals surface area contributed by atoms with E-state index in [1.165, 1.54) is 0 Å². The van der Waals surface area contributed by atoms with Gasteiger partial charge in [0.05, 0.1) is 41.2 Å². The van der Waals surface area contributed by atoms with E-state index < -0.39 is 6.10 Å². The van der Waals surface area contributed by atoms with Crippen molar-refractivity contribution in [3.63, 3.8) is 0 Å². The Hall–Kier alpha value is -2.64. The number of nitrogens with one attached hydrogen (secondary N) is 1. The third kappa shape index (κ3) is 3.32. The molecule has 2 N–H and O–H groups in total. The Labute approximate surface area is 180 Å². The molecule has 30 heavy (non-hydrogen) atoms. The number of anilines is 1. The van der Waals surface area contributed by atoms with E-state index in [0.717, 1.165) is 28.1 Å². The SMILES string of the molecule is CCC(Nc1c2c(nc3c(-c4ccc(OC)cc4Cl)c(C)nn13)CCC2O)C(C)=O. The van der Waals surface area contributed by atoms with Crippen LogP contribution in [0.1, 0.15) is 49.7 Å². The zero-order valence-corrected chi connectivity index (χ0v) is 18.2. The van der Waals surface area contributed by atoms with Crippen molar-refractivity contribution < 1.29 is 14.6 Å². The highest BCUT2D eigenvalue weighted by molar-refractivity contribution is 6.33. The van der Waals surface area contributed by atoms with Crippen molar-refractivity contribution in [2.75, 3.05) is 12.4 Å². The minimum absolute atomic E-state index is 0.0333. The summed E-state index contributed by atoms with van der Waals surface area (Å²) >= 11 is 6.56. The van der Waals surface area contributed by atoms with Crippen LogP contribution >= 0.6 is 11.6 Å². The maximum absolute atomic E-state index is 12.1. The average Bonchev–Trinajstić information content (AvgIpc) is 3.24. The van der Waals surface area contributed by atoms with Crippen molar-refractivity contribution in [3.05, 3.63) is 40.2 Å². The molecule has 1 aromatic carbocycles. The predicted molar refractivity (Wildman–Crippen MR) is 116 cm³/mol. The van der Waals surface area contributed by atoms with E-state index in [2.05, 4.69) is 5.32 Å². The molecule has 0 amide bonds. The number of rotatable bonds is 6. The molecular formula is C22H25ClN4O3. The summed E-state index contributed by atoms with van der Waals surface area (Å²) < 4.78 is 6.96. The fourth-order valence-electron chi connectivity index (χ4n) is 4.11. The van der Waals surface area contributed by atoms with Gasteiger partial charge in [-0.05, 0) is 51.3 Å². The van der Waals surface area contributed by atoms with Crippen LogP contribution in [-0.2, 0) is 11.2 Å². The highest BCUT2D eigenvalue weighted by Crippen LogP contribution is 2.41. The first kappa shape index (κ1) is 20.6. The van der Waals surface area contributed by atoms with E-state index in [1.807, 2.05) is 26.0 Å². The summed E-state index contributed by atoms with van der Waals surface area (Å²) in [5.74, 6) is 1.33. The van der Waals surface area contributed by atoms with Crippen LogP contribution in [0, 0.1) is 6.92 Å². The Morgan fingerprint density at radius 2 is 2.23 bits per heavy atom. The molecule has 0 fully saturated rings. The number of benzene rings is 1. The first-order valence-electron chi connectivity index (χ1n) is 10.1. The lowest BCUT2D eigenvalue weighted by Crippen LogP contribution is -2.29. The number of ether oxygens (including phenoxy) is 1. The van der Waals surface area contributed by atoms with Gasteiger partial charge < -0.3 is 15.2 Å². The highest BCUT2D eigenvalue weighted by Gasteiger charge is 2.31. The summed E-state index contributed by atoms with van der Waals surface area (Å²) in [4.78, 5) is 16.9. The maximum Gasteiger partial charge on any atom is 0.165 e. The number of ketones is 1. The average molecular weight is 429 g/mol. The van der Waals surface area contributed by atoms with E-state index in [0.29, 0.717) is 41.5 Å². The Balaban J connectivity index is 1.97. The molecule has 2 atom stereocenters. The number of carbonyl (C=O) groups excluding carboxylic acids is 1. The molecule has 8 heteroatoms. The van der Waals surface area contributed by atoms with Gasteiger partial charge in [-0.25, -0.2) is 4.98 Å². The molecule has 3 aromatic rings. The number of nitrogens with zero attached hydrogens (tertiary/aromatic N) is 3. The van der Waals surface area contributed by atoms with Gasteiger partial charge in [0.1, 0.15) is 11.6 Å². The molecule has 0 spiro atoms. The van der Waals surface area contributed by atoms with Crippen molar-refractivity contribution in [1.82, 2.24) is 14.6 Å². The lowest BCUT2D eigenvalue weighted by molar-refractivity contribution is -0.117. The smallest absolute Gasteiger partial charge is 0.165 e. The number of aliphatic hydroxyl groups is 1. The Kier molecular flexibility index (Phi) is 5.42. The number of hydrogen-bond acceptors (Lipinski definition) is 6. The number of fused-ring (bicyclic) bond motifs is 2. The number of aromatic nitrogens is 3. The minimum Gasteiger partial charge on any atom is -0.497 e. The molecule has 4 rings (SSSR count). The number of hydrogen-bond donors (Lipinski definition) is 2. The standard InChI is InChI=1S/C22H25ClN4O3/c1-5-16(12(3)28)24-22-20-17(8-9-18(20)29)25-21-19(11(2)26-27(21)22)14-7-6-13(30-4)10-15(14)23/h6-7,10,16,18,24,29H,5,8-9H2,1-4H3. The monoisotopic (exact) mass is 428 g/mol. The normalized spacial score (nSPS) is 16.5. The molecule has 2 aromatic heterocycles. The molecule has 7 nitrogen and oxygen atoms in total. The third-order valence-electron chi connectivity index (χ3n) is 5.70. The molecular weight excluding hydrogens is 404 g/mol. The zero-order chi connectivity index (χ0) is 21.6. The molecule has 0 aliphatic heterocycles. The fraction of sp³-hybridized carbons (Fsp3) is 0.409. The van der Waals surface area contributed by atoms with E-state index in [9.17, 15) is 9.90 Å². The van der Waals surface area contributed by atoms with Gasteiger partial charge >= 0.3 is 0 Å². The van der Waals surface area contributed by atoms with Gasteiger partial charge in [0.15, 0.2) is 11.4 Å². The Morgan fingerprint density at radius 1 is 1.47 bits per heavy atom. The van der Waals surface area contributed by atoms with E-state index in [1.54, 1.807) is 24.6 Å². The lowest BCUT2D eigenvalue weighted by atomic mass is 10.1. The van der Waals surface area contributed by atoms with Crippen LogP contribution in [-0.4, -0.2) is 38.6 Å². The van der Waals surface area contributed by atoms with E-state index in [-0.39, 0.29) is 11.8 Å². The van der Waals surface area contributed by atoms with Crippen molar-refractivity contribution in [1.29, 1.82) is 0 Å². The van der Waals surface area contributed by atoms with Crippen LogP contribution in [0.25, 0.3) is 16.8 Å². The summed E-state index contributed by atoms with van der Waals surface area (Å²) in [6.07, 6.45) is 1.25. The van der Waals surface area contributed by atoms with Crippen molar-refractivity contribution >= 4 is 28.8 Å². The second-order valence-electron chi connectivity index (χ2n) is 7.63. The van der Waals surface area contributed by atoms with Gasteiger partial charge in [-0.1, -0.05) is 18.5 Å². The summed E-state index contributed by atoms with van der Waals surface area (Å²) in [6, 6.07) is 5.14. The zero-order valence-electron chi connectivity index (χ0n) is 17.5. The van der Waals surface area contributed by atoms with E-state index >= 15 is 0 Å². The molecule has 0 saturated heterocycles. The largest absolute Gasteiger partial charge is 0.497 e. The third-order valence-corrected chi connectivity index (χ3v) is 6.01. The second kappa shape index (κ2) is 7.89. The minimum atomic E-state index is -0.638.